The predicted molar refractivity (Wildman–Crippen MR) is 107 cm³/mol. The van der Waals surface area contributed by atoms with Crippen LogP contribution in [0.5, 0.6) is 0 Å². The lowest BCUT2D eigenvalue weighted by molar-refractivity contribution is -0.121. The van der Waals surface area contributed by atoms with E-state index in [4.69, 9.17) is 0 Å². The van der Waals surface area contributed by atoms with Gasteiger partial charge in [-0.2, -0.15) is 0 Å². The van der Waals surface area contributed by atoms with Gasteiger partial charge in [-0.3, -0.25) is 15.0 Å². The third-order valence-corrected chi connectivity index (χ3v) is 4.82. The number of imide groups is 1. The van der Waals surface area contributed by atoms with E-state index in [1.54, 1.807) is 6.07 Å². The molecule has 0 radical (unpaired) electrons. The second-order valence-electron chi connectivity index (χ2n) is 7.07. The monoisotopic (exact) mass is 384 g/mol. The molecule has 3 amide bonds. The predicted octanol–water partition coefficient (Wildman–Crippen LogP) is 2.74. The van der Waals surface area contributed by atoms with Crippen molar-refractivity contribution in [3.8, 4) is 0 Å². The lowest BCUT2D eigenvalue weighted by Crippen LogP contribution is -2.50. The molecule has 0 aromatic heterocycles. The van der Waals surface area contributed by atoms with Crippen LogP contribution < -0.4 is 16.0 Å². The summed E-state index contributed by atoms with van der Waals surface area (Å²) in [6.07, 6.45) is 0. The van der Waals surface area contributed by atoms with Crippen LogP contribution in [-0.2, 0) is 4.79 Å². The summed E-state index contributed by atoms with van der Waals surface area (Å²) in [6.45, 7) is 5.91. The number of rotatable bonds is 4. The summed E-state index contributed by atoms with van der Waals surface area (Å²) in [5, 5.41) is 8.35. The van der Waals surface area contributed by atoms with E-state index in [2.05, 4.69) is 16.0 Å². The molecule has 1 atom stereocenters. The van der Waals surface area contributed by atoms with E-state index in [9.17, 15) is 14.0 Å². The largest absolute Gasteiger partial charge is 0.325 e. The summed E-state index contributed by atoms with van der Waals surface area (Å²) in [5.74, 6) is -0.703. The fourth-order valence-electron chi connectivity index (χ4n) is 3.44. The Morgan fingerprint density at radius 2 is 2.04 bits per heavy atom. The van der Waals surface area contributed by atoms with E-state index >= 15 is 0 Å². The Morgan fingerprint density at radius 3 is 2.79 bits per heavy atom. The number of hydrogen-bond donors (Lipinski definition) is 3. The SMILES string of the molecule is Cc1ccc(NC(=O)NC(=O)CN2CCNCC2c2cccc(F)c2)c(C)c1. The summed E-state index contributed by atoms with van der Waals surface area (Å²) < 4.78 is 13.6. The maximum atomic E-state index is 13.6. The first-order valence-electron chi connectivity index (χ1n) is 9.30. The second kappa shape index (κ2) is 8.95. The molecule has 28 heavy (non-hydrogen) atoms. The van der Waals surface area contributed by atoms with Crippen LogP contribution >= 0.6 is 0 Å². The van der Waals surface area contributed by atoms with Gasteiger partial charge in [0, 0.05) is 31.4 Å². The molecule has 1 aliphatic heterocycles. The minimum Gasteiger partial charge on any atom is -0.314 e. The van der Waals surface area contributed by atoms with Crippen molar-refractivity contribution in [1.29, 1.82) is 0 Å². The number of piperazine rings is 1. The summed E-state index contributed by atoms with van der Waals surface area (Å²) >= 11 is 0. The van der Waals surface area contributed by atoms with Gasteiger partial charge in [-0.05, 0) is 43.2 Å². The molecule has 6 nitrogen and oxygen atoms in total. The van der Waals surface area contributed by atoms with Crippen LogP contribution in [0.3, 0.4) is 0 Å². The molecule has 2 aromatic rings. The fourth-order valence-corrected chi connectivity index (χ4v) is 3.44. The van der Waals surface area contributed by atoms with Gasteiger partial charge < -0.3 is 10.6 Å². The molecule has 7 heteroatoms. The average Bonchev–Trinajstić information content (AvgIpc) is 2.64. The standard InChI is InChI=1S/C21H25FN4O2/c1-14-6-7-18(15(2)10-14)24-21(28)25-20(27)13-26-9-8-23-12-19(26)16-4-3-5-17(22)11-16/h3-7,10-11,19,23H,8-9,12-13H2,1-2H3,(H2,24,25,27,28). The molecule has 0 saturated carbocycles. The molecule has 0 aliphatic carbocycles. The molecular formula is C21H25FN4O2. The Labute approximate surface area is 164 Å². The Kier molecular flexibility index (Phi) is 6.38. The van der Waals surface area contributed by atoms with Gasteiger partial charge in [-0.15, -0.1) is 0 Å². The Bertz CT molecular complexity index is 871. The molecular weight excluding hydrogens is 359 g/mol. The minimum absolute atomic E-state index is 0.0587. The Morgan fingerprint density at radius 1 is 1.21 bits per heavy atom. The van der Waals surface area contributed by atoms with Gasteiger partial charge in [0.1, 0.15) is 5.82 Å². The van der Waals surface area contributed by atoms with Gasteiger partial charge in [0.2, 0.25) is 5.91 Å². The highest BCUT2D eigenvalue weighted by molar-refractivity contribution is 6.02. The smallest absolute Gasteiger partial charge is 0.314 e. The number of benzene rings is 2. The zero-order valence-electron chi connectivity index (χ0n) is 16.1. The molecule has 0 bridgehead atoms. The van der Waals surface area contributed by atoms with Crippen LogP contribution in [0.1, 0.15) is 22.7 Å². The molecule has 1 fully saturated rings. The van der Waals surface area contributed by atoms with Crippen LogP contribution in [0.4, 0.5) is 14.9 Å². The molecule has 2 aromatic carbocycles. The topological polar surface area (TPSA) is 73.5 Å². The zero-order valence-corrected chi connectivity index (χ0v) is 16.1. The van der Waals surface area contributed by atoms with Gasteiger partial charge in [-0.1, -0.05) is 29.8 Å². The average molecular weight is 384 g/mol. The normalized spacial score (nSPS) is 17.2. The van der Waals surface area contributed by atoms with Crippen molar-refractivity contribution in [3.05, 3.63) is 65.0 Å². The van der Waals surface area contributed by atoms with Crippen molar-refractivity contribution in [1.82, 2.24) is 15.5 Å². The van der Waals surface area contributed by atoms with Gasteiger partial charge in [0.25, 0.3) is 0 Å². The van der Waals surface area contributed by atoms with E-state index in [1.165, 1.54) is 12.1 Å². The van der Waals surface area contributed by atoms with Crippen LogP contribution in [0, 0.1) is 19.7 Å². The van der Waals surface area contributed by atoms with Crippen molar-refractivity contribution in [3.63, 3.8) is 0 Å². The highest BCUT2D eigenvalue weighted by Crippen LogP contribution is 2.22. The Hall–Kier alpha value is -2.77. The molecule has 1 saturated heterocycles. The highest BCUT2D eigenvalue weighted by Gasteiger charge is 2.26. The molecule has 1 aliphatic rings. The van der Waals surface area contributed by atoms with Crippen LogP contribution in [0.25, 0.3) is 0 Å². The van der Waals surface area contributed by atoms with Crippen molar-refractivity contribution in [2.45, 2.75) is 19.9 Å². The first kappa shape index (κ1) is 20.0. The number of urea groups is 1. The first-order valence-corrected chi connectivity index (χ1v) is 9.30. The molecule has 3 N–H and O–H groups in total. The number of carbonyl (C=O) groups is 2. The van der Waals surface area contributed by atoms with Gasteiger partial charge in [0.15, 0.2) is 0 Å². The van der Waals surface area contributed by atoms with Crippen LogP contribution in [0.15, 0.2) is 42.5 Å². The van der Waals surface area contributed by atoms with Crippen molar-refractivity contribution in [2.75, 3.05) is 31.5 Å². The van der Waals surface area contributed by atoms with Crippen LogP contribution in [0.2, 0.25) is 0 Å². The quantitative estimate of drug-likeness (QED) is 0.758. The van der Waals surface area contributed by atoms with Gasteiger partial charge in [-0.25, -0.2) is 9.18 Å². The fraction of sp³-hybridized carbons (Fsp3) is 0.333. The number of nitrogens with one attached hydrogen (secondary N) is 3. The highest BCUT2D eigenvalue weighted by atomic mass is 19.1. The van der Waals surface area contributed by atoms with Crippen molar-refractivity contribution >= 4 is 17.6 Å². The molecule has 148 valence electrons. The number of amides is 3. The van der Waals surface area contributed by atoms with E-state index in [0.29, 0.717) is 18.8 Å². The number of halogens is 1. The number of aryl methyl sites for hydroxylation is 2. The summed E-state index contributed by atoms with van der Waals surface area (Å²) in [4.78, 5) is 26.5. The molecule has 1 unspecified atom stereocenters. The summed E-state index contributed by atoms with van der Waals surface area (Å²) in [6, 6.07) is 11.4. The third kappa shape index (κ3) is 5.15. The van der Waals surface area contributed by atoms with E-state index in [1.807, 2.05) is 43.0 Å². The second-order valence-corrected chi connectivity index (χ2v) is 7.07. The maximum Gasteiger partial charge on any atom is 0.325 e. The maximum absolute atomic E-state index is 13.6. The van der Waals surface area contributed by atoms with Crippen molar-refractivity contribution < 1.29 is 14.0 Å². The number of anilines is 1. The van der Waals surface area contributed by atoms with Crippen molar-refractivity contribution in [2.24, 2.45) is 0 Å². The first-order chi connectivity index (χ1) is 13.4. The molecule has 3 rings (SSSR count). The lowest BCUT2D eigenvalue weighted by atomic mass is 10.0. The van der Waals surface area contributed by atoms with Crippen LogP contribution in [-0.4, -0.2) is 43.0 Å². The number of hydrogen-bond acceptors (Lipinski definition) is 4. The zero-order chi connectivity index (χ0) is 20.1. The molecule has 1 heterocycles. The summed E-state index contributed by atoms with van der Waals surface area (Å²) in [7, 11) is 0. The molecule has 0 spiro atoms. The van der Waals surface area contributed by atoms with E-state index in [-0.39, 0.29) is 18.4 Å². The number of nitrogens with zero attached hydrogens (tertiary/aromatic N) is 1. The Balaban J connectivity index is 1.60. The minimum atomic E-state index is -0.561. The van der Waals surface area contributed by atoms with E-state index in [0.717, 1.165) is 23.2 Å². The lowest BCUT2D eigenvalue weighted by Gasteiger charge is -2.35. The number of carbonyl (C=O) groups excluding carboxylic acids is 2. The van der Waals surface area contributed by atoms with Gasteiger partial charge in [0.05, 0.1) is 6.54 Å². The third-order valence-electron chi connectivity index (χ3n) is 4.82. The van der Waals surface area contributed by atoms with E-state index < -0.39 is 11.9 Å². The van der Waals surface area contributed by atoms with Gasteiger partial charge >= 0.3 is 6.03 Å². The summed E-state index contributed by atoms with van der Waals surface area (Å²) in [5.41, 5.74) is 3.49.